The average Bonchev–Trinajstić information content (AvgIpc) is 3.74. The van der Waals surface area contributed by atoms with E-state index in [1.54, 1.807) is 0 Å². The molecule has 0 saturated heterocycles. The van der Waals surface area contributed by atoms with Crippen molar-refractivity contribution >= 4 is 80.9 Å². The van der Waals surface area contributed by atoms with Crippen molar-refractivity contribution in [3.63, 3.8) is 0 Å². The van der Waals surface area contributed by atoms with Crippen LogP contribution in [0.3, 0.4) is 0 Å². The quantitative estimate of drug-likeness (QED) is 0.155. The summed E-state index contributed by atoms with van der Waals surface area (Å²) in [5, 5.41) is 9.99. The number of rotatable bonds is 7. The van der Waals surface area contributed by atoms with Crippen molar-refractivity contribution in [1.82, 2.24) is 0 Å². The van der Waals surface area contributed by atoms with Gasteiger partial charge in [-0.05, 0) is 119 Å². The van der Waals surface area contributed by atoms with Gasteiger partial charge in [-0.15, -0.1) is 11.3 Å². The van der Waals surface area contributed by atoms with Crippen molar-refractivity contribution < 1.29 is 0 Å². The van der Waals surface area contributed by atoms with E-state index >= 15 is 0 Å². The summed E-state index contributed by atoms with van der Waals surface area (Å²) in [5.74, 6) is 0. The highest BCUT2D eigenvalue weighted by Gasteiger charge is 2.20. The molecule has 2 heteroatoms. The summed E-state index contributed by atoms with van der Waals surface area (Å²) in [6.45, 7) is 0. The Kier molecular flexibility index (Phi) is 8.76. The second kappa shape index (κ2) is 15.0. The Labute approximate surface area is 365 Å². The molecule has 12 rings (SSSR count). The van der Waals surface area contributed by atoms with Gasteiger partial charge in [0.15, 0.2) is 0 Å². The molecular formula is C60H39NS. The largest absolute Gasteiger partial charge is 0.309 e. The minimum atomic E-state index is 1.11. The van der Waals surface area contributed by atoms with E-state index in [-0.39, 0.29) is 0 Å². The molecule has 1 nitrogen and oxygen atoms in total. The third-order valence-corrected chi connectivity index (χ3v) is 13.7. The maximum absolute atomic E-state index is 2.46. The van der Waals surface area contributed by atoms with Crippen LogP contribution in [0.2, 0.25) is 0 Å². The van der Waals surface area contributed by atoms with Crippen LogP contribution in [0.15, 0.2) is 237 Å². The molecule has 0 radical (unpaired) electrons. The van der Waals surface area contributed by atoms with Crippen molar-refractivity contribution in [2.75, 3.05) is 4.90 Å². The minimum Gasteiger partial charge on any atom is -0.309 e. The molecule has 290 valence electrons. The first-order chi connectivity index (χ1) is 30.7. The first-order valence-corrected chi connectivity index (χ1v) is 22.1. The number of benzene rings is 11. The fourth-order valence-electron chi connectivity index (χ4n) is 9.40. The summed E-state index contributed by atoms with van der Waals surface area (Å²) >= 11 is 1.89. The van der Waals surface area contributed by atoms with Crippen molar-refractivity contribution in [1.29, 1.82) is 0 Å². The Hall–Kier alpha value is -7.78. The van der Waals surface area contributed by atoms with Crippen molar-refractivity contribution in [3.8, 4) is 44.5 Å². The van der Waals surface area contributed by atoms with Crippen LogP contribution in [0.1, 0.15) is 0 Å². The predicted octanol–water partition coefficient (Wildman–Crippen LogP) is 17.7. The lowest BCUT2D eigenvalue weighted by atomic mass is 9.91. The van der Waals surface area contributed by atoms with Gasteiger partial charge in [0, 0.05) is 26.8 Å². The Morgan fingerprint density at radius 3 is 1.45 bits per heavy atom. The summed E-state index contributed by atoms with van der Waals surface area (Å²) in [6, 6.07) is 86.7. The normalized spacial score (nSPS) is 11.5. The van der Waals surface area contributed by atoms with E-state index in [2.05, 4.69) is 241 Å². The molecule has 0 saturated carbocycles. The number of hydrogen-bond donors (Lipinski definition) is 0. The minimum absolute atomic E-state index is 1.11. The number of fused-ring (bicyclic) bond motifs is 6. The summed E-state index contributed by atoms with van der Waals surface area (Å²) in [4.78, 5) is 2.46. The molecule has 0 atom stereocenters. The van der Waals surface area contributed by atoms with Crippen molar-refractivity contribution in [2.24, 2.45) is 0 Å². The van der Waals surface area contributed by atoms with E-state index in [1.807, 2.05) is 11.3 Å². The van der Waals surface area contributed by atoms with Gasteiger partial charge in [-0.25, -0.2) is 0 Å². The fraction of sp³-hybridized carbons (Fsp3) is 0. The molecule has 0 bridgehead atoms. The van der Waals surface area contributed by atoms with Crippen LogP contribution in [0.25, 0.3) is 97.0 Å². The molecule has 12 aromatic rings. The van der Waals surface area contributed by atoms with Gasteiger partial charge in [0.1, 0.15) is 0 Å². The van der Waals surface area contributed by atoms with Crippen LogP contribution in [0.5, 0.6) is 0 Å². The molecule has 0 aliphatic heterocycles. The van der Waals surface area contributed by atoms with Crippen LogP contribution in [0, 0.1) is 0 Å². The second-order valence-electron chi connectivity index (χ2n) is 16.1. The molecule has 1 aromatic heterocycles. The molecule has 0 spiro atoms. The number of hydrogen-bond acceptors (Lipinski definition) is 2. The summed E-state index contributed by atoms with van der Waals surface area (Å²) < 4.78 is 2.57. The maximum atomic E-state index is 2.46. The van der Waals surface area contributed by atoms with Gasteiger partial charge in [0.05, 0.1) is 10.4 Å². The van der Waals surface area contributed by atoms with Crippen molar-refractivity contribution in [2.45, 2.75) is 0 Å². The molecule has 1 heterocycles. The van der Waals surface area contributed by atoms with Gasteiger partial charge in [0.25, 0.3) is 0 Å². The molecule has 11 aromatic carbocycles. The van der Waals surface area contributed by atoms with Gasteiger partial charge >= 0.3 is 0 Å². The van der Waals surface area contributed by atoms with E-state index < -0.39 is 0 Å². The second-order valence-corrected chi connectivity index (χ2v) is 17.1. The highest BCUT2D eigenvalue weighted by Crippen LogP contribution is 2.48. The molecule has 0 unspecified atom stereocenters. The number of nitrogens with zero attached hydrogens (tertiary/aromatic N) is 1. The highest BCUT2D eigenvalue weighted by molar-refractivity contribution is 7.27. The Morgan fingerprint density at radius 1 is 0.274 bits per heavy atom. The maximum Gasteiger partial charge on any atom is 0.0640 e. The Balaban J connectivity index is 1.02. The number of thiophene rings is 1. The molecule has 0 amide bonds. The molecule has 0 aliphatic rings. The zero-order valence-corrected chi connectivity index (χ0v) is 34.7. The predicted molar refractivity (Wildman–Crippen MR) is 268 cm³/mol. The smallest absolute Gasteiger partial charge is 0.0640 e. The lowest BCUT2D eigenvalue weighted by Gasteiger charge is -2.27. The van der Waals surface area contributed by atoms with Crippen LogP contribution < -0.4 is 4.90 Å². The summed E-state index contributed by atoms with van der Waals surface area (Å²) in [7, 11) is 0. The lowest BCUT2D eigenvalue weighted by Crippen LogP contribution is -2.10. The van der Waals surface area contributed by atoms with Gasteiger partial charge < -0.3 is 4.90 Å². The summed E-state index contributed by atoms with van der Waals surface area (Å²) in [5.41, 5.74) is 13.2. The fourth-order valence-corrected chi connectivity index (χ4v) is 10.7. The first-order valence-electron chi connectivity index (χ1n) is 21.2. The molecule has 0 N–H and O–H groups in total. The van der Waals surface area contributed by atoms with Crippen LogP contribution in [-0.4, -0.2) is 0 Å². The van der Waals surface area contributed by atoms with E-state index in [9.17, 15) is 0 Å². The van der Waals surface area contributed by atoms with Crippen LogP contribution >= 0.6 is 11.3 Å². The highest BCUT2D eigenvalue weighted by atomic mass is 32.1. The standard InChI is InChI=1S/C60H39NS/c1-3-14-41(15-4-1)52-21-9-19-44-20-10-22-53(58(44)52)43-31-34-50(35-32-43)61(57-26-12-25-56-55-24-11-23-54(59(55)62-60(56)57)42-16-5-2-6-17-42)51-36-33-48-38-47(29-30-49(48)39-51)46-28-27-40-13-7-8-18-45(40)37-46/h1-39H. The zero-order chi connectivity index (χ0) is 41.0. The SMILES string of the molecule is c1ccc(-c2cccc3c2sc2c(N(c4ccc(-c5cccc6cccc(-c7ccccc7)c56)cc4)c4ccc5cc(-c6ccc7ccccc7c6)ccc5c4)cccc23)cc1. The van der Waals surface area contributed by atoms with Gasteiger partial charge in [-0.3, -0.25) is 0 Å². The van der Waals surface area contributed by atoms with E-state index in [4.69, 9.17) is 0 Å². The van der Waals surface area contributed by atoms with Crippen LogP contribution in [0.4, 0.5) is 17.1 Å². The molecule has 0 aliphatic carbocycles. The average molecular weight is 806 g/mol. The van der Waals surface area contributed by atoms with Crippen molar-refractivity contribution in [3.05, 3.63) is 237 Å². The van der Waals surface area contributed by atoms with E-state index in [0.29, 0.717) is 0 Å². The Morgan fingerprint density at radius 2 is 0.742 bits per heavy atom. The molecule has 62 heavy (non-hydrogen) atoms. The van der Waals surface area contributed by atoms with E-state index in [0.717, 1.165) is 11.4 Å². The monoisotopic (exact) mass is 805 g/mol. The lowest BCUT2D eigenvalue weighted by molar-refractivity contribution is 1.31. The summed E-state index contributed by atoms with van der Waals surface area (Å²) in [6.07, 6.45) is 0. The number of anilines is 3. The van der Waals surface area contributed by atoms with Gasteiger partial charge in [-0.1, -0.05) is 194 Å². The zero-order valence-electron chi connectivity index (χ0n) is 33.9. The molecule has 0 fully saturated rings. The van der Waals surface area contributed by atoms with Gasteiger partial charge in [0.2, 0.25) is 0 Å². The third kappa shape index (κ3) is 6.24. The Bertz CT molecular complexity index is 3620. The first kappa shape index (κ1) is 36.1. The topological polar surface area (TPSA) is 3.24 Å². The van der Waals surface area contributed by atoms with E-state index in [1.165, 1.54) is 103 Å². The molecular weight excluding hydrogens is 767 g/mol. The van der Waals surface area contributed by atoms with Crippen LogP contribution in [-0.2, 0) is 0 Å². The third-order valence-electron chi connectivity index (χ3n) is 12.4. The van der Waals surface area contributed by atoms with Gasteiger partial charge in [-0.2, -0.15) is 0 Å².